The van der Waals surface area contributed by atoms with Crippen molar-refractivity contribution in [1.82, 2.24) is 15.1 Å². The normalized spacial score (nSPS) is 20.1. The van der Waals surface area contributed by atoms with Crippen LogP contribution in [0.2, 0.25) is 0 Å². The topological polar surface area (TPSA) is 55.8 Å². The van der Waals surface area contributed by atoms with Gasteiger partial charge < -0.3 is 15.3 Å². The monoisotopic (exact) mass is 331 g/mol. The Balaban J connectivity index is 1.43. The summed E-state index contributed by atoms with van der Waals surface area (Å²) in [6.07, 6.45) is 2.87. The summed E-state index contributed by atoms with van der Waals surface area (Å²) >= 11 is 0. The quantitative estimate of drug-likeness (QED) is 0.836. The second-order valence-electron chi connectivity index (χ2n) is 7.31. The molecule has 1 saturated carbocycles. The summed E-state index contributed by atoms with van der Waals surface area (Å²) in [4.78, 5) is 16.2. The van der Waals surface area contributed by atoms with E-state index in [9.17, 15) is 9.90 Å². The van der Waals surface area contributed by atoms with Gasteiger partial charge >= 0.3 is 6.03 Å². The van der Waals surface area contributed by atoms with Gasteiger partial charge in [0.2, 0.25) is 0 Å². The molecule has 1 aromatic carbocycles. The number of amides is 2. The molecule has 1 fully saturated rings. The molecule has 24 heavy (non-hydrogen) atoms. The van der Waals surface area contributed by atoms with E-state index in [-0.39, 0.29) is 12.1 Å². The second-order valence-corrected chi connectivity index (χ2v) is 7.31. The molecule has 2 atom stereocenters. The molecule has 2 unspecified atom stereocenters. The molecule has 1 aromatic rings. The lowest BCUT2D eigenvalue weighted by atomic mass is 9.99. The van der Waals surface area contributed by atoms with Crippen LogP contribution in [0.15, 0.2) is 24.3 Å². The van der Waals surface area contributed by atoms with Crippen LogP contribution in [0.1, 0.15) is 30.9 Å². The Morgan fingerprint density at radius 3 is 2.79 bits per heavy atom. The highest BCUT2D eigenvalue weighted by Crippen LogP contribution is 2.32. The van der Waals surface area contributed by atoms with Crippen LogP contribution in [0.3, 0.4) is 0 Å². The summed E-state index contributed by atoms with van der Waals surface area (Å²) in [6, 6.07) is 8.79. The number of nitrogens with zero attached hydrogens (tertiary/aromatic N) is 2. The van der Waals surface area contributed by atoms with Crippen molar-refractivity contribution in [3.05, 3.63) is 35.4 Å². The average molecular weight is 331 g/mol. The molecule has 3 rings (SSSR count). The maximum Gasteiger partial charge on any atom is 0.317 e. The fourth-order valence-electron chi connectivity index (χ4n) is 3.39. The van der Waals surface area contributed by atoms with E-state index in [1.807, 2.05) is 0 Å². The van der Waals surface area contributed by atoms with Crippen molar-refractivity contribution < 1.29 is 9.90 Å². The third kappa shape index (κ3) is 4.28. The van der Waals surface area contributed by atoms with Crippen molar-refractivity contribution >= 4 is 6.03 Å². The number of rotatable bonds is 6. The molecule has 132 valence electrons. The van der Waals surface area contributed by atoms with E-state index in [1.165, 1.54) is 11.1 Å². The minimum atomic E-state index is -0.378. The zero-order valence-corrected chi connectivity index (χ0v) is 14.7. The molecule has 1 aliphatic carbocycles. The van der Waals surface area contributed by atoms with Gasteiger partial charge in [-0.2, -0.15) is 0 Å². The number of benzene rings is 1. The first-order valence-electron chi connectivity index (χ1n) is 9.02. The third-order valence-electron chi connectivity index (χ3n) is 5.31. The molecule has 0 spiro atoms. The number of fused-ring (bicyclic) bond motifs is 1. The van der Waals surface area contributed by atoms with Crippen molar-refractivity contribution in [2.24, 2.45) is 5.92 Å². The highest BCUT2D eigenvalue weighted by atomic mass is 16.3. The second kappa shape index (κ2) is 7.53. The Hall–Kier alpha value is -1.59. The Bertz CT molecular complexity index is 573. The first-order valence-corrected chi connectivity index (χ1v) is 9.02. The summed E-state index contributed by atoms with van der Waals surface area (Å²) in [7, 11) is 1.75. The molecule has 0 aromatic heterocycles. The minimum absolute atomic E-state index is 0.0982. The number of nitrogens with one attached hydrogen (secondary N) is 1. The molecule has 2 aliphatic rings. The van der Waals surface area contributed by atoms with Crippen LogP contribution in [0.5, 0.6) is 0 Å². The number of likely N-dealkylation sites (N-methyl/N-ethyl adjacent to an activating group) is 1. The van der Waals surface area contributed by atoms with E-state index in [1.54, 1.807) is 11.9 Å². The van der Waals surface area contributed by atoms with Gasteiger partial charge in [0.25, 0.3) is 0 Å². The lowest BCUT2D eigenvalue weighted by molar-refractivity contribution is 0.112. The van der Waals surface area contributed by atoms with Crippen LogP contribution in [0.25, 0.3) is 0 Å². The molecule has 2 N–H and O–H groups in total. The number of urea groups is 1. The van der Waals surface area contributed by atoms with Gasteiger partial charge in [-0.05, 0) is 43.2 Å². The van der Waals surface area contributed by atoms with Crippen molar-refractivity contribution in [1.29, 1.82) is 0 Å². The van der Waals surface area contributed by atoms with E-state index in [2.05, 4.69) is 41.4 Å². The molecule has 5 heteroatoms. The maximum absolute atomic E-state index is 12.2. The van der Waals surface area contributed by atoms with Gasteiger partial charge in [-0.25, -0.2) is 4.79 Å². The fourth-order valence-corrected chi connectivity index (χ4v) is 3.39. The van der Waals surface area contributed by atoms with Gasteiger partial charge in [0.05, 0.1) is 6.10 Å². The van der Waals surface area contributed by atoms with Crippen LogP contribution < -0.4 is 5.32 Å². The highest BCUT2D eigenvalue weighted by Gasteiger charge is 2.31. The Morgan fingerprint density at radius 1 is 1.38 bits per heavy atom. The standard InChI is InChI=1S/C19H29N3O2/c1-14(22-10-9-15-5-3-4-6-17(15)12-22)11-20-19(24)21(2)13-18(23)16-7-8-16/h3-6,14,16,18,23H,7-13H2,1-2H3,(H,20,24). The molecule has 1 aliphatic heterocycles. The summed E-state index contributed by atoms with van der Waals surface area (Å²) in [5.74, 6) is 0.396. The molecule has 1 heterocycles. The SMILES string of the molecule is CC(CNC(=O)N(C)CC(O)C1CC1)N1CCc2ccccc2C1. The summed E-state index contributed by atoms with van der Waals surface area (Å²) in [5.41, 5.74) is 2.84. The molecule has 0 radical (unpaired) electrons. The van der Waals surface area contributed by atoms with Crippen LogP contribution >= 0.6 is 0 Å². The number of aliphatic hydroxyl groups is 1. The highest BCUT2D eigenvalue weighted by molar-refractivity contribution is 5.73. The molecule has 2 amide bonds. The van der Waals surface area contributed by atoms with E-state index in [4.69, 9.17) is 0 Å². The van der Waals surface area contributed by atoms with Gasteiger partial charge in [0, 0.05) is 39.3 Å². The van der Waals surface area contributed by atoms with E-state index in [0.29, 0.717) is 25.0 Å². The summed E-state index contributed by atoms with van der Waals surface area (Å²) < 4.78 is 0. The predicted molar refractivity (Wildman–Crippen MR) is 94.8 cm³/mol. The molecule has 0 bridgehead atoms. The lowest BCUT2D eigenvalue weighted by Crippen LogP contribution is -2.48. The molecular formula is C19H29N3O2. The van der Waals surface area contributed by atoms with Crippen molar-refractivity contribution in [2.45, 2.75) is 44.9 Å². The number of carbonyl (C=O) groups excluding carboxylic acids is 1. The summed E-state index contributed by atoms with van der Waals surface area (Å²) in [5, 5.41) is 13.0. The maximum atomic E-state index is 12.2. The molecule has 0 saturated heterocycles. The number of aliphatic hydroxyl groups excluding tert-OH is 1. The van der Waals surface area contributed by atoms with Gasteiger partial charge in [-0.3, -0.25) is 4.90 Å². The Labute approximate surface area is 144 Å². The zero-order chi connectivity index (χ0) is 17.1. The van der Waals surface area contributed by atoms with E-state index < -0.39 is 0 Å². The van der Waals surface area contributed by atoms with Gasteiger partial charge in [0.1, 0.15) is 0 Å². The van der Waals surface area contributed by atoms with Crippen LogP contribution in [0, 0.1) is 5.92 Å². The first kappa shape index (κ1) is 17.2. The van der Waals surface area contributed by atoms with Crippen molar-refractivity contribution in [2.75, 3.05) is 26.7 Å². The fraction of sp³-hybridized carbons (Fsp3) is 0.632. The average Bonchev–Trinajstić information content (AvgIpc) is 3.43. The zero-order valence-electron chi connectivity index (χ0n) is 14.7. The van der Waals surface area contributed by atoms with E-state index >= 15 is 0 Å². The number of hydrogen-bond acceptors (Lipinski definition) is 3. The molecular weight excluding hydrogens is 302 g/mol. The molecule has 5 nitrogen and oxygen atoms in total. The van der Waals surface area contributed by atoms with Crippen LogP contribution in [0.4, 0.5) is 4.79 Å². The Kier molecular flexibility index (Phi) is 5.41. The Morgan fingerprint density at radius 2 is 2.08 bits per heavy atom. The predicted octanol–water partition coefficient (Wildman–Crippen LogP) is 1.85. The van der Waals surface area contributed by atoms with E-state index in [0.717, 1.165) is 32.4 Å². The lowest BCUT2D eigenvalue weighted by Gasteiger charge is -2.34. The number of carbonyl (C=O) groups is 1. The van der Waals surface area contributed by atoms with Gasteiger partial charge in [0.15, 0.2) is 0 Å². The van der Waals surface area contributed by atoms with Gasteiger partial charge in [-0.1, -0.05) is 24.3 Å². The minimum Gasteiger partial charge on any atom is -0.391 e. The van der Waals surface area contributed by atoms with Crippen LogP contribution in [-0.2, 0) is 13.0 Å². The largest absolute Gasteiger partial charge is 0.391 e. The van der Waals surface area contributed by atoms with Gasteiger partial charge in [-0.15, -0.1) is 0 Å². The van der Waals surface area contributed by atoms with Crippen LogP contribution in [-0.4, -0.2) is 59.8 Å². The number of hydrogen-bond donors (Lipinski definition) is 2. The smallest absolute Gasteiger partial charge is 0.317 e. The summed E-state index contributed by atoms with van der Waals surface area (Å²) in [6.45, 7) is 5.19. The first-order chi connectivity index (χ1) is 11.5. The third-order valence-corrected chi connectivity index (χ3v) is 5.31. The van der Waals surface area contributed by atoms with Crippen molar-refractivity contribution in [3.63, 3.8) is 0 Å². The van der Waals surface area contributed by atoms with Crippen molar-refractivity contribution in [3.8, 4) is 0 Å².